The van der Waals surface area contributed by atoms with Crippen LogP contribution in [0.5, 0.6) is 5.75 Å². The van der Waals surface area contributed by atoms with Crippen molar-refractivity contribution in [3.8, 4) is 5.75 Å². The molecule has 3 N–H and O–H groups in total. The predicted octanol–water partition coefficient (Wildman–Crippen LogP) is 3.66. The highest BCUT2D eigenvalue weighted by Gasteiger charge is 2.05. The van der Waals surface area contributed by atoms with Gasteiger partial charge in [0.15, 0.2) is 0 Å². The van der Waals surface area contributed by atoms with E-state index in [1.807, 2.05) is 32.0 Å². The van der Waals surface area contributed by atoms with E-state index in [0.717, 1.165) is 23.5 Å². The van der Waals surface area contributed by atoms with Crippen molar-refractivity contribution < 1.29 is 4.74 Å². The lowest BCUT2D eigenvalue weighted by Gasteiger charge is -2.17. The summed E-state index contributed by atoms with van der Waals surface area (Å²) < 4.78 is 5.66. The van der Waals surface area contributed by atoms with Gasteiger partial charge in [-0.25, -0.2) is 0 Å². The largest absolute Gasteiger partial charge is 0.491 e. The normalized spacial score (nSPS) is 12.5. The zero-order chi connectivity index (χ0) is 12.8. The fourth-order valence-electron chi connectivity index (χ4n) is 1.84. The SMILES string of the molecule is CCCC(C)Nc1cc(N)cc(OC(C)C)c1. The lowest BCUT2D eigenvalue weighted by Crippen LogP contribution is -2.15. The van der Waals surface area contributed by atoms with Gasteiger partial charge >= 0.3 is 0 Å². The molecule has 96 valence electrons. The molecule has 0 aliphatic heterocycles. The van der Waals surface area contributed by atoms with E-state index in [9.17, 15) is 0 Å². The lowest BCUT2D eigenvalue weighted by molar-refractivity contribution is 0.242. The van der Waals surface area contributed by atoms with Crippen LogP contribution in [0, 0.1) is 0 Å². The van der Waals surface area contributed by atoms with Crippen LogP contribution < -0.4 is 15.8 Å². The molecule has 0 bridgehead atoms. The highest BCUT2D eigenvalue weighted by atomic mass is 16.5. The molecular weight excluding hydrogens is 212 g/mol. The number of ether oxygens (including phenoxy) is 1. The zero-order valence-electron chi connectivity index (χ0n) is 11.3. The van der Waals surface area contributed by atoms with Gasteiger partial charge in [-0.3, -0.25) is 0 Å². The number of nitrogens with one attached hydrogen (secondary N) is 1. The lowest BCUT2D eigenvalue weighted by atomic mass is 10.2. The summed E-state index contributed by atoms with van der Waals surface area (Å²) in [5.41, 5.74) is 7.62. The molecule has 3 nitrogen and oxygen atoms in total. The Hall–Kier alpha value is -1.38. The maximum atomic E-state index is 5.86. The van der Waals surface area contributed by atoms with Crippen LogP contribution in [0.2, 0.25) is 0 Å². The van der Waals surface area contributed by atoms with Crippen molar-refractivity contribution >= 4 is 11.4 Å². The smallest absolute Gasteiger partial charge is 0.123 e. The molecule has 0 radical (unpaired) electrons. The van der Waals surface area contributed by atoms with Crippen LogP contribution in [0.1, 0.15) is 40.5 Å². The van der Waals surface area contributed by atoms with E-state index < -0.39 is 0 Å². The van der Waals surface area contributed by atoms with Crippen LogP contribution in [0.3, 0.4) is 0 Å². The molecule has 0 aliphatic carbocycles. The second-order valence-electron chi connectivity index (χ2n) is 4.79. The molecule has 0 amide bonds. The number of anilines is 2. The van der Waals surface area contributed by atoms with Crippen LogP contribution in [0.15, 0.2) is 18.2 Å². The van der Waals surface area contributed by atoms with Crippen molar-refractivity contribution in [2.24, 2.45) is 0 Å². The first-order valence-corrected chi connectivity index (χ1v) is 6.35. The van der Waals surface area contributed by atoms with Crippen molar-refractivity contribution in [3.63, 3.8) is 0 Å². The Morgan fingerprint density at radius 2 is 1.94 bits per heavy atom. The monoisotopic (exact) mass is 236 g/mol. The molecule has 0 spiro atoms. The van der Waals surface area contributed by atoms with Gasteiger partial charge in [-0.15, -0.1) is 0 Å². The summed E-state index contributed by atoms with van der Waals surface area (Å²) in [5.74, 6) is 0.825. The highest BCUT2D eigenvalue weighted by molar-refractivity contribution is 5.59. The van der Waals surface area contributed by atoms with E-state index in [-0.39, 0.29) is 6.10 Å². The Bertz CT molecular complexity index is 350. The molecule has 1 aromatic carbocycles. The van der Waals surface area contributed by atoms with Gasteiger partial charge in [-0.05, 0) is 33.3 Å². The van der Waals surface area contributed by atoms with Crippen LogP contribution >= 0.6 is 0 Å². The molecule has 17 heavy (non-hydrogen) atoms. The van der Waals surface area contributed by atoms with E-state index in [4.69, 9.17) is 10.5 Å². The van der Waals surface area contributed by atoms with E-state index in [2.05, 4.69) is 19.2 Å². The Morgan fingerprint density at radius 1 is 1.24 bits per heavy atom. The molecule has 1 unspecified atom stereocenters. The van der Waals surface area contributed by atoms with E-state index in [1.54, 1.807) is 0 Å². The van der Waals surface area contributed by atoms with Gasteiger partial charge in [0.1, 0.15) is 5.75 Å². The molecule has 1 aromatic rings. The Labute approximate surface area is 104 Å². The van der Waals surface area contributed by atoms with Crippen LogP contribution in [-0.2, 0) is 0 Å². The average molecular weight is 236 g/mol. The van der Waals surface area contributed by atoms with Gasteiger partial charge < -0.3 is 15.8 Å². The van der Waals surface area contributed by atoms with E-state index in [1.165, 1.54) is 6.42 Å². The third-order valence-corrected chi connectivity index (χ3v) is 2.44. The second kappa shape index (κ2) is 6.38. The van der Waals surface area contributed by atoms with E-state index in [0.29, 0.717) is 6.04 Å². The topological polar surface area (TPSA) is 47.3 Å². The number of hydrogen-bond acceptors (Lipinski definition) is 3. The van der Waals surface area contributed by atoms with Gasteiger partial charge in [0.25, 0.3) is 0 Å². The van der Waals surface area contributed by atoms with E-state index >= 15 is 0 Å². The summed E-state index contributed by atoms with van der Waals surface area (Å²) in [5, 5.41) is 3.44. The average Bonchev–Trinajstić information content (AvgIpc) is 2.14. The molecule has 1 atom stereocenters. The first-order valence-electron chi connectivity index (χ1n) is 6.35. The maximum Gasteiger partial charge on any atom is 0.123 e. The van der Waals surface area contributed by atoms with Crippen molar-refractivity contribution in [1.82, 2.24) is 0 Å². The molecule has 0 aromatic heterocycles. The number of rotatable bonds is 6. The Kier molecular flexibility index (Phi) is 5.13. The van der Waals surface area contributed by atoms with Crippen molar-refractivity contribution in [1.29, 1.82) is 0 Å². The number of benzene rings is 1. The molecule has 0 saturated carbocycles. The van der Waals surface area contributed by atoms with Gasteiger partial charge in [0.2, 0.25) is 0 Å². The summed E-state index contributed by atoms with van der Waals surface area (Å²) in [6.07, 6.45) is 2.48. The van der Waals surface area contributed by atoms with Gasteiger partial charge in [0, 0.05) is 29.5 Å². The highest BCUT2D eigenvalue weighted by Crippen LogP contribution is 2.24. The number of hydrogen-bond donors (Lipinski definition) is 2. The van der Waals surface area contributed by atoms with Crippen molar-refractivity contribution in [2.75, 3.05) is 11.1 Å². The Morgan fingerprint density at radius 3 is 2.53 bits per heavy atom. The summed E-state index contributed by atoms with van der Waals surface area (Å²) in [4.78, 5) is 0. The molecular formula is C14H24N2O. The fraction of sp³-hybridized carbons (Fsp3) is 0.571. The minimum atomic E-state index is 0.165. The second-order valence-corrected chi connectivity index (χ2v) is 4.79. The minimum Gasteiger partial charge on any atom is -0.491 e. The van der Waals surface area contributed by atoms with Crippen LogP contribution in [0.4, 0.5) is 11.4 Å². The number of nitrogen functional groups attached to an aromatic ring is 1. The van der Waals surface area contributed by atoms with Crippen LogP contribution in [-0.4, -0.2) is 12.1 Å². The summed E-state index contributed by atoms with van der Waals surface area (Å²) in [6, 6.07) is 6.26. The van der Waals surface area contributed by atoms with Crippen molar-refractivity contribution in [2.45, 2.75) is 52.7 Å². The zero-order valence-corrected chi connectivity index (χ0v) is 11.3. The fourth-order valence-corrected chi connectivity index (χ4v) is 1.84. The Balaban J connectivity index is 2.74. The first-order chi connectivity index (χ1) is 8.01. The molecule has 1 rings (SSSR count). The quantitative estimate of drug-likeness (QED) is 0.741. The summed E-state index contributed by atoms with van der Waals surface area (Å²) in [7, 11) is 0. The minimum absolute atomic E-state index is 0.165. The third kappa shape index (κ3) is 4.98. The molecule has 3 heteroatoms. The molecule has 0 aliphatic rings. The maximum absolute atomic E-state index is 5.86. The molecule has 0 saturated heterocycles. The standard InChI is InChI=1S/C14H24N2O/c1-5-6-11(4)16-13-7-12(15)8-14(9-13)17-10(2)3/h7-11,16H,5-6,15H2,1-4H3. The number of nitrogens with two attached hydrogens (primary N) is 1. The van der Waals surface area contributed by atoms with Crippen molar-refractivity contribution in [3.05, 3.63) is 18.2 Å². The van der Waals surface area contributed by atoms with Gasteiger partial charge in [0.05, 0.1) is 6.10 Å². The summed E-state index contributed by atoms with van der Waals surface area (Å²) >= 11 is 0. The van der Waals surface area contributed by atoms with Gasteiger partial charge in [-0.1, -0.05) is 13.3 Å². The van der Waals surface area contributed by atoms with Crippen LogP contribution in [0.25, 0.3) is 0 Å². The first kappa shape index (κ1) is 13.7. The summed E-state index contributed by atoms with van der Waals surface area (Å²) in [6.45, 7) is 8.38. The third-order valence-electron chi connectivity index (χ3n) is 2.44. The molecule has 0 heterocycles. The predicted molar refractivity (Wildman–Crippen MR) is 74.6 cm³/mol. The molecule has 0 fully saturated rings. The van der Waals surface area contributed by atoms with Gasteiger partial charge in [-0.2, -0.15) is 0 Å².